The van der Waals surface area contributed by atoms with E-state index in [0.29, 0.717) is 5.75 Å². The molecule has 4 heteroatoms. The van der Waals surface area contributed by atoms with E-state index in [0.717, 1.165) is 16.9 Å². The zero-order valence-corrected chi connectivity index (χ0v) is 10.1. The number of carboxylic acids is 1. The van der Waals surface area contributed by atoms with Gasteiger partial charge in [0.15, 0.2) is 0 Å². The van der Waals surface area contributed by atoms with Crippen LogP contribution in [0.15, 0.2) is 18.2 Å². The van der Waals surface area contributed by atoms with Crippen LogP contribution in [0.25, 0.3) is 0 Å². The molecular weight excluding hydrogens is 224 g/mol. The van der Waals surface area contributed by atoms with Crippen molar-refractivity contribution in [2.45, 2.75) is 12.2 Å². The van der Waals surface area contributed by atoms with E-state index in [1.54, 1.807) is 18.9 Å². The van der Waals surface area contributed by atoms with Gasteiger partial charge in [-0.25, -0.2) is 0 Å². The molecule has 0 amide bonds. The fourth-order valence-corrected chi connectivity index (χ4v) is 3.07. The Morgan fingerprint density at radius 3 is 2.81 bits per heavy atom. The normalized spacial score (nSPS) is 23.6. The molecule has 1 heterocycles. The molecule has 1 fully saturated rings. The van der Waals surface area contributed by atoms with E-state index in [1.807, 2.05) is 25.1 Å². The number of hydrogen-bond acceptors (Lipinski definition) is 3. The van der Waals surface area contributed by atoms with Crippen molar-refractivity contribution in [3.63, 3.8) is 0 Å². The van der Waals surface area contributed by atoms with Gasteiger partial charge in [-0.05, 0) is 13.0 Å². The molecule has 0 aromatic heterocycles. The fourth-order valence-electron chi connectivity index (χ4n) is 1.87. The Labute approximate surface area is 98.8 Å². The molecule has 1 saturated heterocycles. The van der Waals surface area contributed by atoms with Gasteiger partial charge < -0.3 is 9.84 Å². The average Bonchev–Trinajstić information content (AvgIpc) is 2.15. The minimum Gasteiger partial charge on any atom is -0.496 e. The smallest absolute Gasteiger partial charge is 0.308 e. The number of benzene rings is 1. The first-order valence-corrected chi connectivity index (χ1v) is 6.17. The molecule has 3 nitrogen and oxygen atoms in total. The summed E-state index contributed by atoms with van der Waals surface area (Å²) in [7, 11) is 1.62. The molecule has 2 unspecified atom stereocenters. The van der Waals surface area contributed by atoms with E-state index in [2.05, 4.69) is 0 Å². The van der Waals surface area contributed by atoms with E-state index in [9.17, 15) is 4.79 Å². The third kappa shape index (κ3) is 1.89. The first kappa shape index (κ1) is 11.3. The van der Waals surface area contributed by atoms with Crippen molar-refractivity contribution in [1.82, 2.24) is 0 Å². The van der Waals surface area contributed by atoms with Gasteiger partial charge in [-0.1, -0.05) is 17.7 Å². The van der Waals surface area contributed by atoms with Gasteiger partial charge in [0, 0.05) is 16.6 Å². The summed E-state index contributed by atoms with van der Waals surface area (Å²) in [4.78, 5) is 11.0. The van der Waals surface area contributed by atoms with Gasteiger partial charge in [0.25, 0.3) is 0 Å². The lowest BCUT2D eigenvalue weighted by Crippen LogP contribution is -2.31. The first-order chi connectivity index (χ1) is 7.63. The van der Waals surface area contributed by atoms with Crippen molar-refractivity contribution in [1.29, 1.82) is 0 Å². The van der Waals surface area contributed by atoms with Crippen LogP contribution in [0.1, 0.15) is 16.4 Å². The predicted molar refractivity (Wildman–Crippen MR) is 64.1 cm³/mol. The van der Waals surface area contributed by atoms with E-state index in [1.165, 1.54) is 0 Å². The van der Waals surface area contributed by atoms with Gasteiger partial charge in [-0.2, -0.15) is 11.8 Å². The van der Waals surface area contributed by atoms with Crippen LogP contribution in [-0.4, -0.2) is 23.9 Å². The lowest BCUT2D eigenvalue weighted by Gasteiger charge is -2.34. The van der Waals surface area contributed by atoms with Gasteiger partial charge in [0.05, 0.1) is 13.0 Å². The second-order valence-electron chi connectivity index (χ2n) is 3.94. The number of rotatable bonds is 3. The summed E-state index contributed by atoms with van der Waals surface area (Å²) in [6.07, 6.45) is 0. The molecule has 0 saturated carbocycles. The van der Waals surface area contributed by atoms with E-state index in [-0.39, 0.29) is 11.2 Å². The van der Waals surface area contributed by atoms with Crippen molar-refractivity contribution in [3.8, 4) is 5.75 Å². The number of hydrogen-bond donors (Lipinski definition) is 1. The number of aliphatic carboxylic acids is 1. The first-order valence-electron chi connectivity index (χ1n) is 5.12. The zero-order chi connectivity index (χ0) is 11.7. The minimum absolute atomic E-state index is 0.0346. The Bertz CT molecular complexity index is 417. The van der Waals surface area contributed by atoms with Crippen LogP contribution in [0.3, 0.4) is 0 Å². The summed E-state index contributed by atoms with van der Waals surface area (Å²) in [5, 5.41) is 9.08. The highest BCUT2D eigenvalue weighted by Crippen LogP contribution is 2.50. The maximum absolute atomic E-state index is 11.0. The van der Waals surface area contributed by atoms with Crippen LogP contribution in [0.4, 0.5) is 0 Å². The number of methoxy groups -OCH3 is 1. The van der Waals surface area contributed by atoms with Crippen LogP contribution < -0.4 is 4.74 Å². The Morgan fingerprint density at radius 2 is 2.31 bits per heavy atom. The maximum Gasteiger partial charge on any atom is 0.308 e. The van der Waals surface area contributed by atoms with Crippen LogP contribution in [-0.2, 0) is 4.79 Å². The highest BCUT2D eigenvalue weighted by molar-refractivity contribution is 8.01. The Kier molecular flexibility index (Phi) is 3.10. The molecule has 86 valence electrons. The van der Waals surface area contributed by atoms with Crippen molar-refractivity contribution in [3.05, 3.63) is 29.3 Å². The molecule has 1 aliphatic rings. The van der Waals surface area contributed by atoms with Crippen LogP contribution in [0, 0.1) is 12.8 Å². The Hall–Kier alpha value is -1.16. The maximum atomic E-state index is 11.0. The van der Waals surface area contributed by atoms with Crippen LogP contribution >= 0.6 is 11.8 Å². The third-order valence-corrected chi connectivity index (χ3v) is 4.32. The van der Waals surface area contributed by atoms with Crippen molar-refractivity contribution in [2.75, 3.05) is 12.9 Å². The zero-order valence-electron chi connectivity index (χ0n) is 9.27. The summed E-state index contributed by atoms with van der Waals surface area (Å²) < 4.78 is 5.28. The van der Waals surface area contributed by atoms with Gasteiger partial charge in [-0.15, -0.1) is 0 Å². The highest BCUT2D eigenvalue weighted by atomic mass is 32.2. The molecule has 1 aliphatic heterocycles. The van der Waals surface area contributed by atoms with Crippen LogP contribution in [0.2, 0.25) is 0 Å². The molecule has 1 aromatic rings. The van der Waals surface area contributed by atoms with Gasteiger partial charge in [-0.3, -0.25) is 4.79 Å². The van der Waals surface area contributed by atoms with Crippen molar-refractivity contribution in [2.24, 2.45) is 5.92 Å². The molecule has 1 N–H and O–H groups in total. The largest absolute Gasteiger partial charge is 0.496 e. The molecule has 16 heavy (non-hydrogen) atoms. The average molecular weight is 238 g/mol. The fraction of sp³-hybridized carbons (Fsp3) is 0.417. The lowest BCUT2D eigenvalue weighted by molar-refractivity contribution is -0.141. The molecule has 0 radical (unpaired) electrons. The number of thioether (sulfide) groups is 1. The summed E-state index contributed by atoms with van der Waals surface area (Å²) in [5.41, 5.74) is 2.14. The summed E-state index contributed by atoms with van der Waals surface area (Å²) in [6, 6.07) is 5.90. The standard InChI is InChI=1S/C12H14O3S/c1-7-3-4-10(15-2)8(5-7)11-9(6-16-11)12(13)14/h3-5,9,11H,6H2,1-2H3,(H,13,14). The lowest BCUT2D eigenvalue weighted by atomic mass is 9.97. The highest BCUT2D eigenvalue weighted by Gasteiger charge is 2.39. The second kappa shape index (κ2) is 4.37. The number of carbonyl (C=O) groups is 1. The molecular formula is C12H14O3S. The molecule has 0 aliphatic carbocycles. The topological polar surface area (TPSA) is 46.5 Å². The molecule has 1 aromatic carbocycles. The SMILES string of the molecule is COc1ccc(C)cc1C1SCC1C(=O)O. The Balaban J connectivity index is 2.32. The quantitative estimate of drug-likeness (QED) is 0.878. The number of carboxylic acid groups (broad SMARTS) is 1. The third-order valence-electron chi connectivity index (χ3n) is 2.83. The summed E-state index contributed by atoms with van der Waals surface area (Å²) in [6.45, 7) is 2.00. The van der Waals surface area contributed by atoms with Gasteiger partial charge in [0.1, 0.15) is 5.75 Å². The molecule has 0 spiro atoms. The van der Waals surface area contributed by atoms with Crippen molar-refractivity contribution >= 4 is 17.7 Å². The molecule has 0 bridgehead atoms. The van der Waals surface area contributed by atoms with E-state index < -0.39 is 5.97 Å². The summed E-state index contributed by atoms with van der Waals surface area (Å²) >= 11 is 1.67. The monoisotopic (exact) mass is 238 g/mol. The molecule has 2 rings (SSSR count). The van der Waals surface area contributed by atoms with Crippen LogP contribution in [0.5, 0.6) is 5.75 Å². The van der Waals surface area contributed by atoms with E-state index in [4.69, 9.17) is 9.84 Å². The van der Waals surface area contributed by atoms with Gasteiger partial charge in [0.2, 0.25) is 0 Å². The minimum atomic E-state index is -0.715. The van der Waals surface area contributed by atoms with Crippen molar-refractivity contribution < 1.29 is 14.6 Å². The number of ether oxygens (including phenoxy) is 1. The van der Waals surface area contributed by atoms with E-state index >= 15 is 0 Å². The predicted octanol–water partition coefficient (Wildman–Crippen LogP) is 2.49. The Morgan fingerprint density at radius 1 is 1.56 bits per heavy atom. The van der Waals surface area contributed by atoms with Gasteiger partial charge >= 0.3 is 5.97 Å². The molecule has 2 atom stereocenters. The summed E-state index contributed by atoms with van der Waals surface area (Å²) in [5.74, 6) is 0.485. The second-order valence-corrected chi connectivity index (χ2v) is 5.12. The number of aryl methyl sites for hydroxylation is 1.